The molecule has 0 radical (unpaired) electrons. The van der Waals surface area contributed by atoms with E-state index in [4.69, 9.17) is 0 Å². The van der Waals surface area contributed by atoms with Crippen molar-refractivity contribution >= 4 is 6.03 Å². The molecule has 1 saturated heterocycles. The average molecular weight is 227 g/mol. The molecular formula is C12H25N3O. The largest absolute Gasteiger partial charge is 0.337 e. The number of urea groups is 1. The number of rotatable bonds is 5. The van der Waals surface area contributed by atoms with Gasteiger partial charge >= 0.3 is 6.03 Å². The number of hydrazine groups is 1. The van der Waals surface area contributed by atoms with Gasteiger partial charge in [-0.15, -0.1) is 0 Å². The maximum Gasteiger partial charge on any atom is 0.329 e. The predicted octanol–water partition coefficient (Wildman–Crippen LogP) is 2.27. The Morgan fingerprint density at radius 1 is 1.38 bits per heavy atom. The van der Waals surface area contributed by atoms with Crippen molar-refractivity contribution in [3.8, 4) is 0 Å². The Morgan fingerprint density at radius 2 is 2.19 bits per heavy atom. The smallest absolute Gasteiger partial charge is 0.329 e. The molecule has 4 nitrogen and oxygen atoms in total. The summed E-state index contributed by atoms with van der Waals surface area (Å²) in [5, 5.41) is 4.99. The van der Waals surface area contributed by atoms with Crippen molar-refractivity contribution in [2.75, 3.05) is 13.1 Å². The first-order valence-electron chi connectivity index (χ1n) is 6.59. The van der Waals surface area contributed by atoms with E-state index in [9.17, 15) is 4.79 Å². The van der Waals surface area contributed by atoms with Crippen LogP contribution in [0.3, 0.4) is 0 Å². The summed E-state index contributed by atoms with van der Waals surface area (Å²) in [4.78, 5) is 11.6. The zero-order chi connectivity index (χ0) is 11.8. The molecule has 1 atom stereocenters. The van der Waals surface area contributed by atoms with Crippen molar-refractivity contribution < 1.29 is 4.79 Å². The molecule has 2 N–H and O–H groups in total. The van der Waals surface area contributed by atoms with Crippen LogP contribution in [0.5, 0.6) is 0 Å². The van der Waals surface area contributed by atoms with E-state index < -0.39 is 0 Å². The van der Waals surface area contributed by atoms with Gasteiger partial charge in [-0.3, -0.25) is 5.43 Å². The number of unbranched alkanes of at least 4 members (excludes halogenated alkanes) is 1. The molecule has 1 aliphatic rings. The van der Waals surface area contributed by atoms with Gasteiger partial charge in [-0.25, -0.2) is 9.80 Å². The number of carbonyl (C=O) groups excluding carboxylic acids is 1. The highest BCUT2D eigenvalue weighted by Gasteiger charge is 2.21. The SMILES string of the molecule is CCCCNC(=O)NN1CCCCC1CC. The highest BCUT2D eigenvalue weighted by Crippen LogP contribution is 2.16. The maximum atomic E-state index is 11.6. The molecule has 0 aromatic rings. The number of carbonyl (C=O) groups is 1. The number of nitrogens with one attached hydrogen (secondary N) is 2. The van der Waals surface area contributed by atoms with Crippen LogP contribution in [-0.2, 0) is 0 Å². The first-order chi connectivity index (χ1) is 7.77. The minimum atomic E-state index is -0.0474. The van der Waals surface area contributed by atoms with E-state index in [1.165, 1.54) is 19.3 Å². The van der Waals surface area contributed by atoms with Gasteiger partial charge in [0, 0.05) is 19.1 Å². The Morgan fingerprint density at radius 3 is 2.88 bits per heavy atom. The molecular weight excluding hydrogens is 202 g/mol. The monoisotopic (exact) mass is 227 g/mol. The average Bonchev–Trinajstić information content (AvgIpc) is 2.30. The van der Waals surface area contributed by atoms with Crippen molar-refractivity contribution in [1.82, 2.24) is 15.8 Å². The fourth-order valence-corrected chi connectivity index (χ4v) is 2.12. The van der Waals surface area contributed by atoms with Crippen molar-refractivity contribution in [3.05, 3.63) is 0 Å². The lowest BCUT2D eigenvalue weighted by Gasteiger charge is -2.34. The van der Waals surface area contributed by atoms with Gasteiger partial charge in [-0.1, -0.05) is 26.7 Å². The Kier molecular flexibility index (Phi) is 6.23. The molecule has 1 unspecified atom stereocenters. The summed E-state index contributed by atoms with van der Waals surface area (Å²) in [5.41, 5.74) is 2.96. The standard InChI is InChI=1S/C12H25N3O/c1-3-5-9-13-12(16)14-15-10-7-6-8-11(15)4-2/h11H,3-10H2,1-2H3,(H2,13,14,16). The number of piperidine rings is 1. The van der Waals surface area contributed by atoms with E-state index in [0.29, 0.717) is 6.04 Å². The third-order valence-electron chi connectivity index (χ3n) is 3.16. The van der Waals surface area contributed by atoms with Gasteiger partial charge in [0.05, 0.1) is 0 Å². The van der Waals surface area contributed by atoms with E-state index in [1.807, 2.05) is 0 Å². The Balaban J connectivity index is 2.25. The zero-order valence-corrected chi connectivity index (χ0v) is 10.6. The van der Waals surface area contributed by atoms with Gasteiger partial charge in [0.25, 0.3) is 0 Å². The molecule has 0 aromatic heterocycles. The van der Waals surface area contributed by atoms with Crippen molar-refractivity contribution in [3.63, 3.8) is 0 Å². The van der Waals surface area contributed by atoms with E-state index in [0.717, 1.165) is 32.4 Å². The van der Waals surface area contributed by atoms with Crippen LogP contribution in [0, 0.1) is 0 Å². The molecule has 0 saturated carbocycles. The summed E-state index contributed by atoms with van der Waals surface area (Å²) in [6.45, 7) is 6.06. The first-order valence-corrected chi connectivity index (χ1v) is 6.59. The third-order valence-corrected chi connectivity index (χ3v) is 3.16. The molecule has 2 amide bonds. The van der Waals surface area contributed by atoms with Gasteiger partial charge in [0.15, 0.2) is 0 Å². The number of hydrogen-bond donors (Lipinski definition) is 2. The summed E-state index contributed by atoms with van der Waals surface area (Å²) in [6, 6.07) is 0.472. The minimum absolute atomic E-state index is 0.0474. The molecule has 1 rings (SSSR count). The molecule has 1 aliphatic heterocycles. The molecule has 94 valence electrons. The Bertz CT molecular complexity index is 208. The lowest BCUT2D eigenvalue weighted by atomic mass is 10.0. The maximum absolute atomic E-state index is 11.6. The van der Waals surface area contributed by atoms with E-state index in [1.54, 1.807) is 0 Å². The topological polar surface area (TPSA) is 44.4 Å². The molecule has 1 heterocycles. The lowest BCUT2D eigenvalue weighted by Crippen LogP contribution is -2.53. The quantitative estimate of drug-likeness (QED) is 0.708. The van der Waals surface area contributed by atoms with Crippen LogP contribution in [0.25, 0.3) is 0 Å². The lowest BCUT2D eigenvalue weighted by molar-refractivity contribution is 0.0945. The second-order valence-electron chi connectivity index (χ2n) is 4.47. The summed E-state index contributed by atoms with van der Waals surface area (Å²) in [6.07, 6.45) is 6.94. The predicted molar refractivity (Wildman–Crippen MR) is 66.1 cm³/mol. The van der Waals surface area contributed by atoms with E-state index >= 15 is 0 Å². The van der Waals surface area contributed by atoms with Crippen molar-refractivity contribution in [2.45, 2.75) is 58.4 Å². The van der Waals surface area contributed by atoms with Crippen LogP contribution < -0.4 is 10.7 Å². The molecule has 4 heteroatoms. The summed E-state index contributed by atoms with van der Waals surface area (Å²) >= 11 is 0. The molecule has 0 aromatic carbocycles. The summed E-state index contributed by atoms with van der Waals surface area (Å²) in [7, 11) is 0. The van der Waals surface area contributed by atoms with Crippen molar-refractivity contribution in [1.29, 1.82) is 0 Å². The molecule has 0 spiro atoms. The van der Waals surface area contributed by atoms with Crippen molar-refractivity contribution in [2.24, 2.45) is 0 Å². The summed E-state index contributed by atoms with van der Waals surface area (Å²) < 4.78 is 0. The van der Waals surface area contributed by atoms with Crippen LogP contribution in [0.15, 0.2) is 0 Å². The van der Waals surface area contributed by atoms with Crippen LogP contribution in [-0.4, -0.2) is 30.2 Å². The highest BCUT2D eigenvalue weighted by atomic mass is 16.2. The van der Waals surface area contributed by atoms with Gasteiger partial charge in [-0.05, 0) is 25.7 Å². The molecule has 0 aliphatic carbocycles. The fourth-order valence-electron chi connectivity index (χ4n) is 2.12. The van der Waals surface area contributed by atoms with E-state index in [-0.39, 0.29) is 6.03 Å². The summed E-state index contributed by atoms with van der Waals surface area (Å²) in [5.74, 6) is 0. The second-order valence-corrected chi connectivity index (χ2v) is 4.47. The van der Waals surface area contributed by atoms with Gasteiger partial charge in [0.2, 0.25) is 0 Å². The number of hydrogen-bond acceptors (Lipinski definition) is 2. The fraction of sp³-hybridized carbons (Fsp3) is 0.917. The Hall–Kier alpha value is -0.770. The first kappa shape index (κ1) is 13.3. The Labute approximate surface area is 98.7 Å². The van der Waals surface area contributed by atoms with Crippen LogP contribution in [0.1, 0.15) is 52.4 Å². The zero-order valence-electron chi connectivity index (χ0n) is 10.6. The molecule has 16 heavy (non-hydrogen) atoms. The molecule has 0 bridgehead atoms. The second kappa shape index (κ2) is 7.49. The minimum Gasteiger partial charge on any atom is -0.337 e. The highest BCUT2D eigenvalue weighted by molar-refractivity contribution is 5.73. The van der Waals surface area contributed by atoms with Crippen LogP contribution in [0.2, 0.25) is 0 Å². The van der Waals surface area contributed by atoms with Crippen LogP contribution in [0.4, 0.5) is 4.79 Å². The third kappa shape index (κ3) is 4.39. The van der Waals surface area contributed by atoms with Gasteiger partial charge in [0.1, 0.15) is 0 Å². The number of nitrogens with zero attached hydrogens (tertiary/aromatic N) is 1. The van der Waals surface area contributed by atoms with E-state index in [2.05, 4.69) is 29.6 Å². The van der Waals surface area contributed by atoms with Gasteiger partial charge < -0.3 is 5.32 Å². The van der Waals surface area contributed by atoms with Gasteiger partial charge in [-0.2, -0.15) is 0 Å². The number of amides is 2. The van der Waals surface area contributed by atoms with Crippen LogP contribution >= 0.6 is 0 Å². The molecule has 1 fully saturated rings. The normalized spacial score (nSPS) is 21.8.